The van der Waals surface area contributed by atoms with Gasteiger partial charge in [-0.05, 0) is 63.2 Å². The number of aryl methyl sites for hydroxylation is 1. The number of nitrogens with zero attached hydrogens (tertiary/aromatic N) is 4. The average molecular weight is 329 g/mol. The predicted molar refractivity (Wildman–Crippen MR) is 95.7 cm³/mol. The van der Waals surface area contributed by atoms with E-state index in [2.05, 4.69) is 28.0 Å². The summed E-state index contributed by atoms with van der Waals surface area (Å²) in [5, 5.41) is 4.40. The molecule has 4 bridgehead atoms. The summed E-state index contributed by atoms with van der Waals surface area (Å²) >= 11 is 0. The molecule has 0 radical (unpaired) electrons. The molecule has 0 aromatic carbocycles. The second-order valence-corrected chi connectivity index (χ2v) is 9.28. The van der Waals surface area contributed by atoms with E-state index in [1.54, 1.807) is 19.3 Å². The Morgan fingerprint density at radius 1 is 1.00 bits per heavy atom. The minimum Gasteiger partial charge on any atom is -0.296 e. The van der Waals surface area contributed by atoms with Gasteiger partial charge in [-0.15, -0.1) is 0 Å². The maximum atomic E-state index is 4.40. The number of piperazine rings is 1. The molecule has 0 spiro atoms. The smallest absolute Gasteiger partial charge is 0.0537 e. The number of hydrogen-bond donors (Lipinski definition) is 0. The Bertz CT molecular complexity index is 576. The van der Waals surface area contributed by atoms with E-state index in [0.717, 1.165) is 24.3 Å². The molecule has 1 aliphatic heterocycles. The van der Waals surface area contributed by atoms with Crippen LogP contribution in [0.4, 0.5) is 0 Å². The molecule has 1 aromatic heterocycles. The van der Waals surface area contributed by atoms with Crippen LogP contribution in [-0.4, -0.2) is 51.3 Å². The van der Waals surface area contributed by atoms with Crippen LogP contribution in [0.25, 0.3) is 0 Å². The van der Waals surface area contributed by atoms with Crippen LogP contribution in [0.1, 0.15) is 49.8 Å². The zero-order valence-electron chi connectivity index (χ0n) is 15.4. The first-order chi connectivity index (χ1) is 11.6. The molecular formula is C20H32N4. The number of hydrogen-bond acceptors (Lipinski definition) is 3. The Hall–Kier alpha value is -0.870. The summed E-state index contributed by atoms with van der Waals surface area (Å²) in [4.78, 5) is 5.56. The van der Waals surface area contributed by atoms with Crippen molar-refractivity contribution in [3.63, 3.8) is 0 Å². The van der Waals surface area contributed by atoms with Crippen molar-refractivity contribution in [3.8, 4) is 0 Å². The third-order valence-electron chi connectivity index (χ3n) is 7.78. The summed E-state index contributed by atoms with van der Waals surface area (Å²) in [5.41, 5.74) is 3.32. The van der Waals surface area contributed by atoms with Gasteiger partial charge >= 0.3 is 0 Å². The van der Waals surface area contributed by atoms with Crippen molar-refractivity contribution in [1.29, 1.82) is 0 Å². The van der Waals surface area contributed by atoms with E-state index in [0.29, 0.717) is 5.54 Å². The summed E-state index contributed by atoms with van der Waals surface area (Å²) in [6.45, 7) is 8.30. The first-order valence-electron chi connectivity index (χ1n) is 10.1. The van der Waals surface area contributed by atoms with Crippen molar-refractivity contribution in [1.82, 2.24) is 19.6 Å². The van der Waals surface area contributed by atoms with E-state index in [1.165, 1.54) is 56.7 Å². The Labute approximate surface area is 146 Å². The van der Waals surface area contributed by atoms with E-state index in [1.807, 2.05) is 11.7 Å². The molecule has 4 saturated carbocycles. The van der Waals surface area contributed by atoms with Gasteiger partial charge in [0.1, 0.15) is 0 Å². The van der Waals surface area contributed by atoms with Crippen LogP contribution in [0.5, 0.6) is 0 Å². The first-order valence-corrected chi connectivity index (χ1v) is 10.1. The van der Waals surface area contributed by atoms with Crippen LogP contribution in [0, 0.1) is 24.7 Å². The Morgan fingerprint density at radius 2 is 1.58 bits per heavy atom. The topological polar surface area (TPSA) is 24.3 Å². The second kappa shape index (κ2) is 5.57. The molecule has 24 heavy (non-hydrogen) atoms. The van der Waals surface area contributed by atoms with Crippen molar-refractivity contribution in [2.24, 2.45) is 24.8 Å². The van der Waals surface area contributed by atoms with Gasteiger partial charge in [0.05, 0.1) is 6.20 Å². The van der Waals surface area contributed by atoms with Crippen molar-refractivity contribution in [2.75, 3.05) is 26.2 Å². The predicted octanol–water partition coefficient (Wildman–Crippen LogP) is 2.81. The maximum Gasteiger partial charge on any atom is 0.0537 e. The Kier molecular flexibility index (Phi) is 3.57. The van der Waals surface area contributed by atoms with Crippen LogP contribution in [0.2, 0.25) is 0 Å². The highest BCUT2D eigenvalue weighted by molar-refractivity contribution is 5.16. The van der Waals surface area contributed by atoms with Gasteiger partial charge in [-0.25, -0.2) is 0 Å². The fourth-order valence-corrected chi connectivity index (χ4v) is 6.77. The lowest BCUT2D eigenvalue weighted by molar-refractivity contribution is -0.101. The van der Waals surface area contributed by atoms with Gasteiger partial charge in [0.15, 0.2) is 0 Å². The number of rotatable bonds is 3. The van der Waals surface area contributed by atoms with E-state index in [9.17, 15) is 0 Å². The van der Waals surface area contributed by atoms with Crippen LogP contribution >= 0.6 is 0 Å². The lowest BCUT2D eigenvalue weighted by Gasteiger charge is -2.61. The van der Waals surface area contributed by atoms with Crippen LogP contribution in [0.3, 0.4) is 0 Å². The van der Waals surface area contributed by atoms with Gasteiger partial charge in [0, 0.05) is 56.6 Å². The highest BCUT2D eigenvalue weighted by Crippen LogP contribution is 2.57. The van der Waals surface area contributed by atoms with Gasteiger partial charge < -0.3 is 0 Å². The second-order valence-electron chi connectivity index (χ2n) is 9.28. The third-order valence-corrected chi connectivity index (χ3v) is 7.78. The number of aromatic nitrogens is 2. The van der Waals surface area contributed by atoms with Crippen LogP contribution < -0.4 is 0 Å². The monoisotopic (exact) mass is 328 g/mol. The largest absolute Gasteiger partial charge is 0.296 e. The Morgan fingerprint density at radius 3 is 2.08 bits per heavy atom. The summed E-state index contributed by atoms with van der Waals surface area (Å²) in [7, 11) is 2.05. The molecule has 4 nitrogen and oxygen atoms in total. The fourth-order valence-electron chi connectivity index (χ4n) is 6.77. The summed E-state index contributed by atoms with van der Waals surface area (Å²) < 4.78 is 2.00. The van der Waals surface area contributed by atoms with Crippen LogP contribution in [-0.2, 0) is 13.6 Å². The minimum atomic E-state index is 0.602. The third kappa shape index (κ3) is 2.45. The van der Waals surface area contributed by atoms with Gasteiger partial charge in [-0.3, -0.25) is 14.5 Å². The molecule has 1 aromatic rings. The normalized spacial score (nSPS) is 39.7. The van der Waals surface area contributed by atoms with Crippen LogP contribution in [0.15, 0.2) is 6.20 Å². The molecule has 0 amide bonds. The zero-order valence-corrected chi connectivity index (χ0v) is 15.4. The molecule has 4 aliphatic carbocycles. The molecule has 132 valence electrons. The molecule has 2 heterocycles. The quantitative estimate of drug-likeness (QED) is 0.853. The van der Waals surface area contributed by atoms with Crippen molar-refractivity contribution < 1.29 is 0 Å². The molecule has 0 N–H and O–H groups in total. The zero-order chi connectivity index (χ0) is 16.3. The lowest BCUT2D eigenvalue weighted by atomic mass is 9.52. The molecule has 1 saturated heterocycles. The van der Waals surface area contributed by atoms with Gasteiger partial charge in [0.25, 0.3) is 0 Å². The molecule has 4 heteroatoms. The first kappa shape index (κ1) is 15.4. The van der Waals surface area contributed by atoms with Crippen molar-refractivity contribution in [3.05, 3.63) is 17.5 Å². The standard InChI is InChI=1S/C20H32N4/c1-15-19(13-21-22(15)2)14-23-3-5-24(6-4-23)20-10-16-7-17(11-20)9-18(8-16)12-20/h13,16-18H,3-12,14H2,1-2H3. The molecule has 6 rings (SSSR count). The van der Waals surface area contributed by atoms with E-state index in [-0.39, 0.29) is 0 Å². The summed E-state index contributed by atoms with van der Waals surface area (Å²) in [6.07, 6.45) is 11.3. The fraction of sp³-hybridized carbons (Fsp3) is 0.850. The lowest BCUT2D eigenvalue weighted by Crippen LogP contribution is -2.63. The SMILES string of the molecule is Cc1c(CN2CCN(C34CC5CC(CC(C5)C3)C4)CC2)cnn1C. The van der Waals surface area contributed by atoms with Gasteiger partial charge in [0.2, 0.25) is 0 Å². The molecule has 0 unspecified atom stereocenters. The highest BCUT2D eigenvalue weighted by atomic mass is 15.3. The highest BCUT2D eigenvalue weighted by Gasteiger charge is 2.53. The van der Waals surface area contributed by atoms with E-state index >= 15 is 0 Å². The van der Waals surface area contributed by atoms with Crippen molar-refractivity contribution >= 4 is 0 Å². The molecule has 5 aliphatic rings. The van der Waals surface area contributed by atoms with E-state index in [4.69, 9.17) is 0 Å². The molecule has 5 fully saturated rings. The van der Waals surface area contributed by atoms with Crippen molar-refractivity contribution in [2.45, 2.75) is 57.5 Å². The summed E-state index contributed by atoms with van der Waals surface area (Å²) in [6, 6.07) is 0. The average Bonchev–Trinajstić information content (AvgIpc) is 2.86. The van der Waals surface area contributed by atoms with E-state index < -0.39 is 0 Å². The van der Waals surface area contributed by atoms with Gasteiger partial charge in [-0.2, -0.15) is 5.10 Å². The molecular weight excluding hydrogens is 296 g/mol. The van der Waals surface area contributed by atoms with Gasteiger partial charge in [-0.1, -0.05) is 0 Å². The molecule has 0 atom stereocenters. The Balaban J connectivity index is 1.23. The minimum absolute atomic E-state index is 0.602. The summed E-state index contributed by atoms with van der Waals surface area (Å²) in [5.74, 6) is 3.19. The maximum absolute atomic E-state index is 4.40.